The molecule has 59 heavy (non-hydrogen) atoms. The Morgan fingerprint density at radius 3 is 1.97 bits per heavy atom. The summed E-state index contributed by atoms with van der Waals surface area (Å²) in [4.78, 5) is 9.22. The Balaban J connectivity index is 0.00000528. The number of nitrogens with zero attached hydrogens (tertiary/aromatic N) is 4. The van der Waals surface area contributed by atoms with Gasteiger partial charge in [-0.1, -0.05) is 148 Å². The summed E-state index contributed by atoms with van der Waals surface area (Å²) in [5.74, 6) is 2.15. The fourth-order valence-electron chi connectivity index (χ4n) is 7.97. The normalized spacial score (nSPS) is 13.7. The van der Waals surface area contributed by atoms with Crippen LogP contribution < -0.4 is 14.5 Å². The van der Waals surface area contributed by atoms with Gasteiger partial charge in [-0.25, -0.2) is 4.98 Å². The van der Waals surface area contributed by atoms with Gasteiger partial charge >= 0.3 is 0 Å². The first-order valence-corrected chi connectivity index (χ1v) is 20.4. The molecule has 2 aromatic heterocycles. The number of anilines is 2. The van der Waals surface area contributed by atoms with E-state index in [1.165, 1.54) is 27.6 Å². The Labute approximate surface area is 366 Å². The summed E-state index contributed by atoms with van der Waals surface area (Å²) in [7, 11) is 0. The van der Waals surface area contributed by atoms with Crippen LogP contribution in [-0.4, -0.2) is 9.55 Å². The van der Waals surface area contributed by atoms with Crippen molar-refractivity contribution in [3.05, 3.63) is 174 Å². The van der Waals surface area contributed by atoms with Gasteiger partial charge in [-0.05, 0) is 86.5 Å². The van der Waals surface area contributed by atoms with E-state index in [2.05, 4.69) is 231 Å². The largest absolute Gasteiger partial charge is 0.509 e. The molecule has 0 fully saturated rings. The van der Waals surface area contributed by atoms with Crippen LogP contribution in [0.1, 0.15) is 104 Å². The average molecular weight is 959 g/mol. The first kappa shape index (κ1) is 42.0. The second-order valence-corrected chi connectivity index (χ2v) is 19.2. The van der Waals surface area contributed by atoms with Gasteiger partial charge in [0.25, 0.3) is 0 Å². The standard InChI is InChI=1S/C53H55N4O.Pt/c1-50(2,3)37-20-17-21-39(30-37)55-28-29-56(35-55)40-24-25-43(53(10,11)36-18-13-12-14-19-36)47(32-40)58-41-33-44(52(7,8)9)49-42-22-15-16-23-45(42)57(46(49)34-41)48-31-38(26-27-54-48)51(4,5)6;/h12-31,33,35H,1-11H3;/q-3;. The number of para-hydroxylation sites is 1. The van der Waals surface area contributed by atoms with Crippen molar-refractivity contribution in [1.82, 2.24) is 9.55 Å². The topological polar surface area (TPSA) is 33.5 Å². The van der Waals surface area contributed by atoms with Crippen LogP contribution in [0.25, 0.3) is 27.6 Å². The summed E-state index contributed by atoms with van der Waals surface area (Å²) in [5.41, 5.74) is 9.35. The van der Waals surface area contributed by atoms with Crippen molar-refractivity contribution < 1.29 is 25.8 Å². The SMILES string of the molecule is CC(C)(C)c1cccc(N2C=CN(c3[c-]c(Oc4[c-]c5c(c(C(C)(C)C)c4)c4ccccc4n5-c4cc(C(C)(C)C)ccn4)c(C(C)(C)c4ccccc4)cc3)[CH-]2)c1.[Pt]. The first-order chi connectivity index (χ1) is 27.4. The van der Waals surface area contributed by atoms with E-state index >= 15 is 0 Å². The molecule has 0 radical (unpaired) electrons. The maximum absolute atomic E-state index is 7.17. The van der Waals surface area contributed by atoms with Crippen LogP contribution in [0.5, 0.6) is 11.5 Å². The van der Waals surface area contributed by atoms with Crippen LogP contribution in [0.3, 0.4) is 0 Å². The van der Waals surface area contributed by atoms with E-state index in [1.807, 2.05) is 6.20 Å². The molecule has 3 heterocycles. The number of benzene rings is 5. The van der Waals surface area contributed by atoms with Gasteiger partial charge in [0, 0.05) is 50.0 Å². The molecular formula is C53H55N4OPt-3. The Hall–Kier alpha value is -5.12. The van der Waals surface area contributed by atoms with Crippen molar-refractivity contribution in [2.75, 3.05) is 9.80 Å². The molecule has 306 valence electrons. The van der Waals surface area contributed by atoms with E-state index in [9.17, 15) is 0 Å². The zero-order valence-electron chi connectivity index (χ0n) is 36.2. The Morgan fingerprint density at radius 2 is 1.25 bits per heavy atom. The zero-order valence-corrected chi connectivity index (χ0v) is 38.5. The fraction of sp³-hybridized carbons (Fsp3) is 0.283. The van der Waals surface area contributed by atoms with E-state index in [0.29, 0.717) is 11.5 Å². The third-order valence-corrected chi connectivity index (χ3v) is 11.5. The number of hydrogen-bond donors (Lipinski definition) is 0. The number of pyridine rings is 1. The molecule has 0 saturated heterocycles. The van der Waals surface area contributed by atoms with E-state index in [1.54, 1.807) is 0 Å². The molecule has 0 unspecified atom stereocenters. The maximum Gasteiger partial charge on any atom is 0.135 e. The molecule has 7 aromatic rings. The molecule has 0 bridgehead atoms. The fourth-order valence-corrected chi connectivity index (χ4v) is 7.97. The molecule has 1 aliphatic heterocycles. The van der Waals surface area contributed by atoms with Gasteiger partial charge in [-0.2, -0.15) is 6.07 Å². The van der Waals surface area contributed by atoms with Crippen molar-refractivity contribution in [2.24, 2.45) is 0 Å². The van der Waals surface area contributed by atoms with Gasteiger partial charge < -0.3 is 19.1 Å². The monoisotopic (exact) mass is 958 g/mol. The minimum Gasteiger partial charge on any atom is -0.509 e. The van der Waals surface area contributed by atoms with Gasteiger partial charge in [0.15, 0.2) is 0 Å². The van der Waals surface area contributed by atoms with Crippen LogP contribution in [-0.2, 0) is 42.7 Å². The molecule has 5 nitrogen and oxygen atoms in total. The number of ether oxygens (including phenoxy) is 1. The van der Waals surface area contributed by atoms with E-state index < -0.39 is 5.41 Å². The van der Waals surface area contributed by atoms with E-state index in [0.717, 1.165) is 39.2 Å². The van der Waals surface area contributed by atoms with E-state index in [4.69, 9.17) is 9.72 Å². The molecular weight excluding hydrogens is 904 g/mol. The summed E-state index contributed by atoms with van der Waals surface area (Å²) in [6.45, 7) is 26.9. The van der Waals surface area contributed by atoms with Gasteiger partial charge in [-0.15, -0.1) is 47.7 Å². The molecule has 0 saturated carbocycles. The third kappa shape index (κ3) is 8.11. The van der Waals surface area contributed by atoms with Crippen LogP contribution in [0.15, 0.2) is 128 Å². The average Bonchev–Trinajstić information content (AvgIpc) is 3.81. The number of fused-ring (bicyclic) bond motifs is 3. The molecule has 0 aliphatic carbocycles. The Morgan fingerprint density at radius 1 is 0.593 bits per heavy atom. The molecule has 8 rings (SSSR count). The maximum atomic E-state index is 7.17. The van der Waals surface area contributed by atoms with Gasteiger partial charge in [0.05, 0.1) is 0 Å². The first-order valence-electron chi connectivity index (χ1n) is 20.4. The second-order valence-electron chi connectivity index (χ2n) is 19.2. The predicted octanol–water partition coefficient (Wildman–Crippen LogP) is 13.7. The molecule has 6 heteroatoms. The molecule has 5 aromatic carbocycles. The van der Waals surface area contributed by atoms with Crippen molar-refractivity contribution in [1.29, 1.82) is 0 Å². The summed E-state index contributed by atoms with van der Waals surface area (Å²) in [5, 5.41) is 2.33. The summed E-state index contributed by atoms with van der Waals surface area (Å²) in [6.07, 6.45) is 6.09. The molecule has 0 amide bonds. The van der Waals surface area contributed by atoms with Gasteiger partial charge in [-0.3, -0.25) is 0 Å². The van der Waals surface area contributed by atoms with Gasteiger partial charge in [0.1, 0.15) is 5.82 Å². The van der Waals surface area contributed by atoms with Crippen molar-refractivity contribution in [3.8, 4) is 17.3 Å². The smallest absolute Gasteiger partial charge is 0.135 e. The van der Waals surface area contributed by atoms with Gasteiger partial charge in [0.2, 0.25) is 0 Å². The molecule has 0 spiro atoms. The molecule has 0 N–H and O–H groups in total. The van der Waals surface area contributed by atoms with E-state index in [-0.39, 0.29) is 37.3 Å². The quantitative estimate of drug-likeness (QED) is 0.149. The number of hydrogen-bond acceptors (Lipinski definition) is 4. The van der Waals surface area contributed by atoms with Crippen LogP contribution in [0.2, 0.25) is 0 Å². The number of rotatable bonds is 7. The Kier molecular flexibility index (Phi) is 11.0. The van der Waals surface area contributed by atoms with Crippen LogP contribution in [0.4, 0.5) is 11.4 Å². The predicted molar refractivity (Wildman–Crippen MR) is 242 cm³/mol. The van der Waals surface area contributed by atoms with Crippen molar-refractivity contribution in [2.45, 2.75) is 97.8 Å². The van der Waals surface area contributed by atoms with Crippen molar-refractivity contribution in [3.63, 3.8) is 0 Å². The minimum atomic E-state index is -0.390. The second kappa shape index (κ2) is 15.5. The Bertz CT molecular complexity index is 2670. The summed E-state index contributed by atoms with van der Waals surface area (Å²) >= 11 is 0. The minimum absolute atomic E-state index is 0. The van der Waals surface area contributed by atoms with Crippen LogP contribution >= 0.6 is 0 Å². The third-order valence-electron chi connectivity index (χ3n) is 11.5. The number of aromatic nitrogens is 2. The van der Waals surface area contributed by atoms with Crippen molar-refractivity contribution >= 4 is 33.2 Å². The molecule has 1 aliphatic rings. The summed E-state index contributed by atoms with van der Waals surface area (Å²) < 4.78 is 9.42. The zero-order chi connectivity index (χ0) is 41.2. The van der Waals surface area contributed by atoms with Crippen LogP contribution in [0, 0.1) is 18.8 Å². The molecule has 0 atom stereocenters. The summed E-state index contributed by atoms with van der Waals surface area (Å²) in [6, 6.07) is 46.4.